The van der Waals surface area contributed by atoms with Gasteiger partial charge in [-0.3, -0.25) is 4.79 Å². The number of rotatable bonds is 3. The number of carbonyl (C=O) groups excluding carboxylic acids is 1. The van der Waals surface area contributed by atoms with E-state index in [0.717, 1.165) is 0 Å². The molecule has 0 saturated carbocycles. The summed E-state index contributed by atoms with van der Waals surface area (Å²) in [5.74, 6) is 0.127. The lowest BCUT2D eigenvalue weighted by Gasteiger charge is -2.01. The summed E-state index contributed by atoms with van der Waals surface area (Å²) in [7, 11) is 1.28. The highest BCUT2D eigenvalue weighted by molar-refractivity contribution is 5.86. The molecule has 0 aliphatic heterocycles. The fourth-order valence-corrected chi connectivity index (χ4v) is 1.43. The highest BCUT2D eigenvalue weighted by Gasteiger charge is 2.11. The summed E-state index contributed by atoms with van der Waals surface area (Å²) >= 11 is 0. The minimum Gasteiger partial charge on any atom is -0.463 e. The summed E-state index contributed by atoms with van der Waals surface area (Å²) in [6, 6.07) is 8.05. The van der Waals surface area contributed by atoms with Crippen molar-refractivity contribution in [2.45, 2.75) is 6.54 Å². The van der Waals surface area contributed by atoms with Crippen LogP contribution in [0.1, 0.15) is 16.3 Å². The lowest BCUT2D eigenvalue weighted by molar-refractivity contribution is 0.0563. The third-order valence-electron chi connectivity index (χ3n) is 2.27. The molecule has 0 aliphatic carbocycles. The Morgan fingerprint density at radius 3 is 2.88 bits per heavy atom. The van der Waals surface area contributed by atoms with E-state index >= 15 is 0 Å². The molecule has 0 unspecified atom stereocenters. The largest absolute Gasteiger partial charge is 0.463 e. The fourth-order valence-electron chi connectivity index (χ4n) is 1.43. The Morgan fingerprint density at radius 1 is 1.35 bits per heavy atom. The van der Waals surface area contributed by atoms with E-state index < -0.39 is 5.97 Å². The summed E-state index contributed by atoms with van der Waals surface area (Å²) < 4.78 is 11.3. The maximum absolute atomic E-state index is 11.5. The van der Waals surface area contributed by atoms with Crippen LogP contribution < -0.4 is 5.56 Å². The molecule has 5 heteroatoms. The monoisotopic (exact) mass is 233 g/mol. The van der Waals surface area contributed by atoms with E-state index in [1.54, 1.807) is 24.4 Å². The summed E-state index contributed by atoms with van der Waals surface area (Å²) in [6.45, 7) is 0.288. The number of furan rings is 1. The Labute approximate surface area is 97.2 Å². The SMILES string of the molecule is COC(=O)c1ccc(Cn2ccccc2=O)o1. The molecular formula is C12H11NO4. The third-order valence-corrected chi connectivity index (χ3v) is 2.27. The van der Waals surface area contributed by atoms with Crippen molar-refractivity contribution < 1.29 is 13.9 Å². The molecular weight excluding hydrogens is 222 g/mol. The second kappa shape index (κ2) is 4.69. The first-order valence-corrected chi connectivity index (χ1v) is 5.03. The summed E-state index contributed by atoms with van der Waals surface area (Å²) in [5.41, 5.74) is -0.122. The standard InChI is InChI=1S/C12H11NO4/c1-16-12(15)10-6-5-9(17-10)8-13-7-3-2-4-11(13)14/h2-7H,8H2,1H3. The highest BCUT2D eigenvalue weighted by Crippen LogP contribution is 2.09. The smallest absolute Gasteiger partial charge is 0.373 e. The van der Waals surface area contributed by atoms with E-state index in [0.29, 0.717) is 5.76 Å². The molecule has 0 atom stereocenters. The molecule has 0 saturated heterocycles. The Hall–Kier alpha value is -2.30. The molecule has 2 aromatic heterocycles. The van der Waals surface area contributed by atoms with Gasteiger partial charge >= 0.3 is 5.97 Å². The molecule has 0 amide bonds. The molecule has 5 nitrogen and oxygen atoms in total. The first-order valence-electron chi connectivity index (χ1n) is 5.03. The first kappa shape index (κ1) is 11.2. The molecule has 2 aromatic rings. The molecule has 0 bridgehead atoms. The van der Waals surface area contributed by atoms with Crippen LogP contribution in [-0.2, 0) is 11.3 Å². The predicted molar refractivity (Wildman–Crippen MR) is 59.9 cm³/mol. The second-order valence-corrected chi connectivity index (χ2v) is 3.42. The zero-order valence-corrected chi connectivity index (χ0v) is 9.25. The molecule has 0 N–H and O–H groups in total. The molecule has 88 valence electrons. The topological polar surface area (TPSA) is 61.4 Å². The molecule has 0 fully saturated rings. The zero-order chi connectivity index (χ0) is 12.3. The van der Waals surface area contributed by atoms with E-state index in [4.69, 9.17) is 4.42 Å². The van der Waals surface area contributed by atoms with Gasteiger partial charge in [0, 0.05) is 12.3 Å². The lowest BCUT2D eigenvalue weighted by Crippen LogP contribution is -2.17. The van der Waals surface area contributed by atoms with Crippen LogP contribution in [0.4, 0.5) is 0 Å². The predicted octanol–water partition coefficient (Wildman–Crippen LogP) is 1.28. The van der Waals surface area contributed by atoms with Crippen molar-refractivity contribution in [3.63, 3.8) is 0 Å². The number of nitrogens with zero attached hydrogens (tertiary/aromatic N) is 1. The quantitative estimate of drug-likeness (QED) is 0.749. The van der Waals surface area contributed by atoms with Crippen LogP contribution in [0, 0.1) is 0 Å². The van der Waals surface area contributed by atoms with E-state index in [9.17, 15) is 9.59 Å². The van der Waals surface area contributed by atoms with Gasteiger partial charge < -0.3 is 13.7 Å². The summed E-state index contributed by atoms with van der Waals surface area (Å²) in [4.78, 5) is 22.6. The summed E-state index contributed by atoms with van der Waals surface area (Å²) in [5, 5.41) is 0. The number of methoxy groups -OCH3 is 1. The second-order valence-electron chi connectivity index (χ2n) is 3.42. The molecule has 17 heavy (non-hydrogen) atoms. The minimum absolute atomic E-state index is 0.122. The Bertz CT molecular complexity index is 582. The van der Waals surface area contributed by atoms with E-state index in [1.807, 2.05) is 0 Å². The van der Waals surface area contributed by atoms with Crippen LogP contribution in [0.5, 0.6) is 0 Å². The number of carbonyl (C=O) groups is 1. The van der Waals surface area contributed by atoms with Gasteiger partial charge in [0.15, 0.2) is 0 Å². The number of hydrogen-bond donors (Lipinski definition) is 0. The third kappa shape index (κ3) is 2.44. The average molecular weight is 233 g/mol. The molecule has 2 heterocycles. The number of aromatic nitrogens is 1. The van der Waals surface area contributed by atoms with Gasteiger partial charge in [0.2, 0.25) is 5.76 Å². The van der Waals surface area contributed by atoms with Crippen LogP contribution in [-0.4, -0.2) is 17.6 Å². The van der Waals surface area contributed by atoms with Crippen molar-refractivity contribution in [3.8, 4) is 0 Å². The van der Waals surface area contributed by atoms with Crippen molar-refractivity contribution in [2.75, 3.05) is 7.11 Å². The van der Waals surface area contributed by atoms with Gasteiger partial charge in [-0.15, -0.1) is 0 Å². The number of ether oxygens (including phenoxy) is 1. The minimum atomic E-state index is -0.531. The van der Waals surface area contributed by atoms with Gasteiger partial charge in [-0.25, -0.2) is 4.79 Å². The molecule has 0 aromatic carbocycles. The maximum atomic E-state index is 11.5. The average Bonchev–Trinajstić information content (AvgIpc) is 2.80. The molecule has 0 radical (unpaired) electrons. The van der Waals surface area contributed by atoms with Crippen molar-refractivity contribution in [2.24, 2.45) is 0 Å². The highest BCUT2D eigenvalue weighted by atomic mass is 16.5. The Balaban J connectivity index is 2.20. The van der Waals surface area contributed by atoms with Crippen LogP contribution in [0.3, 0.4) is 0 Å². The van der Waals surface area contributed by atoms with Gasteiger partial charge in [-0.2, -0.15) is 0 Å². The van der Waals surface area contributed by atoms with Gasteiger partial charge in [0.25, 0.3) is 5.56 Å². The number of esters is 1. The van der Waals surface area contributed by atoms with Gasteiger partial charge in [0.1, 0.15) is 5.76 Å². The molecule has 0 spiro atoms. The Morgan fingerprint density at radius 2 is 2.18 bits per heavy atom. The summed E-state index contributed by atoms with van der Waals surface area (Å²) in [6.07, 6.45) is 1.66. The van der Waals surface area contributed by atoms with Gasteiger partial charge in [0.05, 0.1) is 13.7 Å². The normalized spacial score (nSPS) is 10.2. The van der Waals surface area contributed by atoms with Crippen molar-refractivity contribution >= 4 is 5.97 Å². The first-order chi connectivity index (χ1) is 8.20. The fraction of sp³-hybridized carbons (Fsp3) is 0.167. The van der Waals surface area contributed by atoms with E-state index in [2.05, 4.69) is 4.74 Å². The van der Waals surface area contributed by atoms with E-state index in [1.165, 1.54) is 23.8 Å². The number of hydrogen-bond acceptors (Lipinski definition) is 4. The van der Waals surface area contributed by atoms with Crippen LogP contribution in [0.25, 0.3) is 0 Å². The van der Waals surface area contributed by atoms with Crippen LogP contribution in [0.2, 0.25) is 0 Å². The molecule has 0 aliphatic rings. The molecule has 2 rings (SSSR count). The van der Waals surface area contributed by atoms with Crippen LogP contribution in [0.15, 0.2) is 45.7 Å². The van der Waals surface area contributed by atoms with Crippen molar-refractivity contribution in [1.82, 2.24) is 4.57 Å². The van der Waals surface area contributed by atoms with Gasteiger partial charge in [-0.1, -0.05) is 6.07 Å². The Kier molecular flexibility index (Phi) is 3.09. The number of pyridine rings is 1. The van der Waals surface area contributed by atoms with E-state index in [-0.39, 0.29) is 17.9 Å². The van der Waals surface area contributed by atoms with Gasteiger partial charge in [-0.05, 0) is 18.2 Å². The zero-order valence-electron chi connectivity index (χ0n) is 9.25. The maximum Gasteiger partial charge on any atom is 0.373 e. The van der Waals surface area contributed by atoms with Crippen molar-refractivity contribution in [1.29, 1.82) is 0 Å². The van der Waals surface area contributed by atoms with Crippen molar-refractivity contribution in [3.05, 3.63) is 58.4 Å². The van der Waals surface area contributed by atoms with Crippen LogP contribution >= 0.6 is 0 Å². The lowest BCUT2D eigenvalue weighted by atomic mass is 10.4.